The Hall–Kier alpha value is -0.570. The van der Waals surface area contributed by atoms with E-state index in [2.05, 4.69) is 6.92 Å². The van der Waals surface area contributed by atoms with Gasteiger partial charge in [0, 0.05) is 6.92 Å². The van der Waals surface area contributed by atoms with Gasteiger partial charge in [0.05, 0.1) is 18.6 Å². The minimum atomic E-state index is -0.185. The third-order valence-electron chi connectivity index (χ3n) is 2.96. The summed E-state index contributed by atoms with van der Waals surface area (Å²) in [4.78, 5) is 10.7. The van der Waals surface area contributed by atoms with Crippen LogP contribution in [0, 0.1) is 5.41 Å². The molecule has 3 nitrogen and oxygen atoms in total. The smallest absolute Gasteiger partial charge is 0.302 e. The molecule has 1 rings (SSSR count). The van der Waals surface area contributed by atoms with E-state index in [1.807, 2.05) is 0 Å². The molecule has 0 amide bonds. The molecule has 1 aliphatic rings. The molecule has 1 saturated heterocycles. The summed E-state index contributed by atoms with van der Waals surface area (Å²) >= 11 is 0. The summed E-state index contributed by atoms with van der Waals surface area (Å²) in [5.41, 5.74) is 0.138. The van der Waals surface area contributed by atoms with Gasteiger partial charge in [0.1, 0.15) is 6.61 Å². The van der Waals surface area contributed by atoms with Crippen LogP contribution in [0.25, 0.3) is 0 Å². The maximum atomic E-state index is 10.7. The van der Waals surface area contributed by atoms with E-state index in [4.69, 9.17) is 9.47 Å². The zero-order valence-corrected chi connectivity index (χ0v) is 9.88. The molecular formula is C12H22O3. The minimum Gasteiger partial charge on any atom is -0.465 e. The lowest BCUT2D eigenvalue weighted by molar-refractivity contribution is -0.170. The summed E-state index contributed by atoms with van der Waals surface area (Å²) < 4.78 is 10.3. The molecule has 1 aliphatic heterocycles. The lowest BCUT2D eigenvalue weighted by Gasteiger charge is -2.40. The van der Waals surface area contributed by atoms with Crippen LogP contribution in [0.4, 0.5) is 0 Å². The lowest BCUT2D eigenvalue weighted by Crippen LogP contribution is -2.46. The molecule has 0 bridgehead atoms. The van der Waals surface area contributed by atoms with Gasteiger partial charge in [-0.05, 0) is 6.42 Å². The fourth-order valence-corrected chi connectivity index (χ4v) is 1.87. The third kappa shape index (κ3) is 4.20. The van der Waals surface area contributed by atoms with Crippen molar-refractivity contribution < 1.29 is 14.3 Å². The van der Waals surface area contributed by atoms with Crippen LogP contribution in [0.15, 0.2) is 0 Å². The van der Waals surface area contributed by atoms with Crippen molar-refractivity contribution in [3.63, 3.8) is 0 Å². The van der Waals surface area contributed by atoms with Gasteiger partial charge in [-0.2, -0.15) is 0 Å². The summed E-state index contributed by atoms with van der Waals surface area (Å²) in [5.74, 6) is -0.185. The summed E-state index contributed by atoms with van der Waals surface area (Å²) in [6.07, 6.45) is 6.18. The fourth-order valence-electron chi connectivity index (χ4n) is 1.87. The van der Waals surface area contributed by atoms with Crippen molar-refractivity contribution in [1.82, 2.24) is 0 Å². The van der Waals surface area contributed by atoms with Crippen LogP contribution in [-0.2, 0) is 14.3 Å². The molecule has 1 fully saturated rings. The van der Waals surface area contributed by atoms with Crippen LogP contribution >= 0.6 is 0 Å². The molecule has 0 atom stereocenters. The highest BCUT2D eigenvalue weighted by molar-refractivity contribution is 5.65. The van der Waals surface area contributed by atoms with Gasteiger partial charge in [-0.25, -0.2) is 0 Å². The average molecular weight is 214 g/mol. The van der Waals surface area contributed by atoms with Crippen LogP contribution in [0.5, 0.6) is 0 Å². The van der Waals surface area contributed by atoms with Gasteiger partial charge in [-0.3, -0.25) is 4.79 Å². The molecule has 88 valence electrons. The molecule has 0 aliphatic carbocycles. The molecule has 15 heavy (non-hydrogen) atoms. The van der Waals surface area contributed by atoms with E-state index in [1.54, 1.807) is 0 Å². The number of unbranched alkanes of at least 4 members (excludes halogenated alkanes) is 3. The largest absolute Gasteiger partial charge is 0.465 e. The first-order valence-electron chi connectivity index (χ1n) is 5.90. The normalized spacial score (nSPS) is 18.3. The highest BCUT2D eigenvalue weighted by Gasteiger charge is 2.39. The Labute approximate surface area is 92.1 Å². The van der Waals surface area contributed by atoms with Crippen LogP contribution in [0.2, 0.25) is 0 Å². The Kier molecular flexibility index (Phi) is 5.09. The quantitative estimate of drug-likeness (QED) is 0.482. The predicted octanol–water partition coefficient (Wildman–Crippen LogP) is 2.54. The van der Waals surface area contributed by atoms with E-state index in [-0.39, 0.29) is 11.4 Å². The van der Waals surface area contributed by atoms with Crippen LogP contribution in [0.1, 0.15) is 46.0 Å². The minimum absolute atomic E-state index is 0.138. The summed E-state index contributed by atoms with van der Waals surface area (Å²) in [6, 6.07) is 0. The maximum absolute atomic E-state index is 10.7. The molecular weight excluding hydrogens is 192 g/mol. The number of esters is 1. The molecule has 0 aromatic carbocycles. The number of ether oxygens (including phenoxy) is 2. The molecule has 0 aromatic rings. The first-order valence-corrected chi connectivity index (χ1v) is 5.90. The van der Waals surface area contributed by atoms with Crippen molar-refractivity contribution in [3.8, 4) is 0 Å². The van der Waals surface area contributed by atoms with Gasteiger partial charge in [0.25, 0.3) is 0 Å². The first-order chi connectivity index (χ1) is 7.18. The number of hydrogen-bond donors (Lipinski definition) is 0. The molecule has 0 aromatic heterocycles. The molecule has 0 N–H and O–H groups in total. The van der Waals surface area contributed by atoms with Gasteiger partial charge < -0.3 is 9.47 Å². The topological polar surface area (TPSA) is 35.5 Å². The van der Waals surface area contributed by atoms with Gasteiger partial charge in [-0.1, -0.05) is 32.6 Å². The summed E-state index contributed by atoms with van der Waals surface area (Å²) in [7, 11) is 0. The second kappa shape index (κ2) is 6.11. The number of hydrogen-bond acceptors (Lipinski definition) is 3. The second-order valence-electron chi connectivity index (χ2n) is 4.58. The van der Waals surface area contributed by atoms with E-state index in [9.17, 15) is 4.79 Å². The highest BCUT2D eigenvalue weighted by atomic mass is 16.5. The Morgan fingerprint density at radius 3 is 2.53 bits per heavy atom. The van der Waals surface area contributed by atoms with E-state index >= 15 is 0 Å². The molecule has 0 radical (unpaired) electrons. The first kappa shape index (κ1) is 12.5. The van der Waals surface area contributed by atoms with Crippen LogP contribution < -0.4 is 0 Å². The fraction of sp³-hybridized carbons (Fsp3) is 0.917. The maximum Gasteiger partial charge on any atom is 0.302 e. The van der Waals surface area contributed by atoms with E-state index < -0.39 is 0 Å². The number of carbonyl (C=O) groups is 1. The zero-order chi connectivity index (χ0) is 11.1. The van der Waals surface area contributed by atoms with Gasteiger partial charge in [0.2, 0.25) is 0 Å². The van der Waals surface area contributed by atoms with Crippen molar-refractivity contribution in [2.24, 2.45) is 5.41 Å². The second-order valence-corrected chi connectivity index (χ2v) is 4.58. The van der Waals surface area contributed by atoms with Crippen LogP contribution in [-0.4, -0.2) is 25.8 Å². The predicted molar refractivity (Wildman–Crippen MR) is 58.6 cm³/mol. The Bertz CT molecular complexity index is 197. The van der Waals surface area contributed by atoms with Gasteiger partial charge in [-0.15, -0.1) is 0 Å². The number of rotatable bonds is 7. The van der Waals surface area contributed by atoms with Crippen LogP contribution in [0.3, 0.4) is 0 Å². The van der Waals surface area contributed by atoms with Crippen molar-refractivity contribution in [3.05, 3.63) is 0 Å². The Balaban J connectivity index is 2.17. The molecule has 0 unspecified atom stereocenters. The highest BCUT2D eigenvalue weighted by Crippen LogP contribution is 2.33. The SMILES string of the molecule is CCCCCCC1(COC(C)=O)COC1. The Morgan fingerprint density at radius 1 is 1.33 bits per heavy atom. The standard InChI is InChI=1S/C12H22O3/c1-3-4-5-6-7-12(8-14-9-12)10-15-11(2)13/h3-10H2,1-2H3. The summed E-state index contributed by atoms with van der Waals surface area (Å²) in [5, 5.41) is 0. The zero-order valence-electron chi connectivity index (χ0n) is 9.88. The molecule has 1 heterocycles. The summed E-state index contributed by atoms with van der Waals surface area (Å²) in [6.45, 7) is 5.72. The van der Waals surface area contributed by atoms with Crippen molar-refractivity contribution in [2.75, 3.05) is 19.8 Å². The molecule has 3 heteroatoms. The van der Waals surface area contributed by atoms with Gasteiger partial charge >= 0.3 is 5.97 Å². The van der Waals surface area contributed by atoms with Crippen molar-refractivity contribution >= 4 is 5.97 Å². The van der Waals surface area contributed by atoms with E-state index in [0.29, 0.717) is 6.61 Å². The lowest BCUT2D eigenvalue weighted by atomic mass is 9.81. The Morgan fingerprint density at radius 2 is 2.07 bits per heavy atom. The number of carbonyl (C=O) groups excluding carboxylic acids is 1. The van der Waals surface area contributed by atoms with E-state index in [0.717, 1.165) is 19.6 Å². The van der Waals surface area contributed by atoms with E-state index in [1.165, 1.54) is 32.6 Å². The average Bonchev–Trinajstić information content (AvgIpc) is 2.14. The molecule has 0 saturated carbocycles. The van der Waals surface area contributed by atoms with Crippen molar-refractivity contribution in [2.45, 2.75) is 46.0 Å². The van der Waals surface area contributed by atoms with Crippen molar-refractivity contribution in [1.29, 1.82) is 0 Å². The van der Waals surface area contributed by atoms with Gasteiger partial charge in [0.15, 0.2) is 0 Å². The monoisotopic (exact) mass is 214 g/mol. The third-order valence-corrected chi connectivity index (χ3v) is 2.96. The molecule has 0 spiro atoms.